The topological polar surface area (TPSA) is 72.4 Å². The van der Waals surface area contributed by atoms with E-state index in [1.54, 1.807) is 17.9 Å². The van der Waals surface area contributed by atoms with Crippen LogP contribution in [0.5, 0.6) is 0 Å². The highest BCUT2D eigenvalue weighted by Gasteiger charge is 2.30. The number of amides is 1. The van der Waals surface area contributed by atoms with E-state index in [0.29, 0.717) is 17.4 Å². The summed E-state index contributed by atoms with van der Waals surface area (Å²) in [5.41, 5.74) is 6.22. The average molecular weight is 223 g/mol. The summed E-state index contributed by atoms with van der Waals surface area (Å²) >= 11 is 0. The Bertz CT molecular complexity index is 386. The first kappa shape index (κ1) is 11.1. The number of aryl methyl sites for hydroxylation is 1. The maximum atomic E-state index is 12.0. The Hall–Kier alpha value is -1.36. The fourth-order valence-electron chi connectivity index (χ4n) is 2.03. The second kappa shape index (κ2) is 4.25. The van der Waals surface area contributed by atoms with Gasteiger partial charge in [0, 0.05) is 25.2 Å². The van der Waals surface area contributed by atoms with Crippen molar-refractivity contribution in [3.8, 4) is 0 Å². The molecule has 0 aromatic carbocycles. The molecule has 2 unspecified atom stereocenters. The molecule has 2 rings (SSSR count). The van der Waals surface area contributed by atoms with Crippen molar-refractivity contribution in [2.24, 2.45) is 11.7 Å². The lowest BCUT2D eigenvalue weighted by molar-refractivity contribution is 0.0775. The summed E-state index contributed by atoms with van der Waals surface area (Å²) in [6.45, 7) is 5.25. The molecule has 1 aromatic heterocycles. The van der Waals surface area contributed by atoms with E-state index in [-0.39, 0.29) is 11.9 Å². The van der Waals surface area contributed by atoms with Gasteiger partial charge >= 0.3 is 0 Å². The molecule has 5 heteroatoms. The van der Waals surface area contributed by atoms with Crippen molar-refractivity contribution in [1.82, 2.24) is 10.1 Å². The van der Waals surface area contributed by atoms with Gasteiger partial charge in [-0.1, -0.05) is 5.16 Å². The summed E-state index contributed by atoms with van der Waals surface area (Å²) in [4.78, 5) is 13.8. The standard InChI is InChI=1S/C11H17N3O2/c1-7-5-10(13-16-7)11(15)14-4-3-9(6-14)8(2)12/h5,8-9H,3-4,6,12H2,1-2H3. The molecule has 2 N–H and O–H groups in total. The molecule has 16 heavy (non-hydrogen) atoms. The van der Waals surface area contributed by atoms with Gasteiger partial charge in [0.1, 0.15) is 5.76 Å². The van der Waals surface area contributed by atoms with Crippen LogP contribution in [0, 0.1) is 12.8 Å². The summed E-state index contributed by atoms with van der Waals surface area (Å²) < 4.78 is 4.90. The zero-order valence-corrected chi connectivity index (χ0v) is 9.64. The normalized spacial score (nSPS) is 22.4. The Morgan fingerprint density at radius 2 is 2.50 bits per heavy atom. The molecular weight excluding hydrogens is 206 g/mol. The molecule has 1 aromatic rings. The van der Waals surface area contributed by atoms with Gasteiger partial charge < -0.3 is 15.2 Å². The lowest BCUT2D eigenvalue weighted by Crippen LogP contribution is -2.33. The van der Waals surface area contributed by atoms with E-state index >= 15 is 0 Å². The lowest BCUT2D eigenvalue weighted by atomic mass is 10.0. The van der Waals surface area contributed by atoms with Crippen LogP contribution in [0.2, 0.25) is 0 Å². The summed E-state index contributed by atoms with van der Waals surface area (Å²) in [7, 11) is 0. The van der Waals surface area contributed by atoms with Gasteiger partial charge in [-0.05, 0) is 26.2 Å². The van der Waals surface area contributed by atoms with Gasteiger partial charge in [0.25, 0.3) is 5.91 Å². The summed E-state index contributed by atoms with van der Waals surface area (Å²) in [6.07, 6.45) is 0.972. The summed E-state index contributed by atoms with van der Waals surface area (Å²) in [5, 5.41) is 3.73. The van der Waals surface area contributed by atoms with Crippen LogP contribution in [0.15, 0.2) is 10.6 Å². The highest BCUT2D eigenvalue weighted by Crippen LogP contribution is 2.20. The van der Waals surface area contributed by atoms with Gasteiger partial charge in [-0.15, -0.1) is 0 Å². The number of nitrogens with two attached hydrogens (primary N) is 1. The number of carbonyl (C=O) groups excluding carboxylic acids is 1. The van der Waals surface area contributed by atoms with Crippen LogP contribution in [-0.4, -0.2) is 35.1 Å². The first-order valence-electron chi connectivity index (χ1n) is 5.56. The van der Waals surface area contributed by atoms with Gasteiger partial charge in [0.05, 0.1) is 0 Å². The second-order valence-electron chi connectivity index (χ2n) is 4.48. The van der Waals surface area contributed by atoms with Gasteiger partial charge in [-0.25, -0.2) is 0 Å². The molecule has 0 saturated carbocycles. The molecule has 2 atom stereocenters. The highest BCUT2D eigenvalue weighted by molar-refractivity contribution is 5.92. The monoisotopic (exact) mass is 223 g/mol. The third kappa shape index (κ3) is 2.09. The molecule has 1 aliphatic heterocycles. The molecule has 5 nitrogen and oxygen atoms in total. The summed E-state index contributed by atoms with van der Waals surface area (Å²) in [5.74, 6) is 1.00. The number of hydrogen-bond acceptors (Lipinski definition) is 4. The van der Waals surface area contributed by atoms with Crippen LogP contribution < -0.4 is 5.73 Å². The van der Waals surface area contributed by atoms with E-state index < -0.39 is 0 Å². The molecule has 0 bridgehead atoms. The van der Waals surface area contributed by atoms with Crippen LogP contribution in [0.1, 0.15) is 29.6 Å². The Morgan fingerprint density at radius 1 is 1.75 bits per heavy atom. The van der Waals surface area contributed by atoms with E-state index in [9.17, 15) is 4.79 Å². The minimum Gasteiger partial charge on any atom is -0.361 e. The van der Waals surface area contributed by atoms with Gasteiger partial charge in [-0.2, -0.15) is 0 Å². The van der Waals surface area contributed by atoms with E-state index in [2.05, 4.69) is 5.16 Å². The maximum absolute atomic E-state index is 12.0. The fraction of sp³-hybridized carbons (Fsp3) is 0.636. The van der Waals surface area contributed by atoms with Crippen molar-refractivity contribution in [1.29, 1.82) is 0 Å². The largest absolute Gasteiger partial charge is 0.361 e. The zero-order valence-electron chi connectivity index (χ0n) is 9.64. The van der Waals surface area contributed by atoms with Gasteiger partial charge in [-0.3, -0.25) is 4.79 Å². The Morgan fingerprint density at radius 3 is 3.00 bits per heavy atom. The van der Waals surface area contributed by atoms with Crippen LogP contribution >= 0.6 is 0 Å². The first-order chi connectivity index (χ1) is 7.58. The average Bonchev–Trinajstić information content (AvgIpc) is 2.84. The van der Waals surface area contributed by atoms with E-state index in [1.165, 1.54) is 0 Å². The molecule has 1 aliphatic rings. The van der Waals surface area contributed by atoms with E-state index in [0.717, 1.165) is 19.5 Å². The minimum absolute atomic E-state index is 0.0556. The molecule has 1 fully saturated rings. The molecule has 1 amide bonds. The molecule has 88 valence electrons. The van der Waals surface area contributed by atoms with Crippen molar-refractivity contribution >= 4 is 5.91 Å². The first-order valence-corrected chi connectivity index (χ1v) is 5.56. The third-order valence-electron chi connectivity index (χ3n) is 3.10. The summed E-state index contributed by atoms with van der Waals surface area (Å²) in [6, 6.07) is 1.80. The number of aromatic nitrogens is 1. The predicted octanol–water partition coefficient (Wildman–Crippen LogP) is 0.792. The third-order valence-corrected chi connectivity index (χ3v) is 3.10. The van der Waals surface area contributed by atoms with Crippen molar-refractivity contribution < 1.29 is 9.32 Å². The van der Waals surface area contributed by atoms with Crippen LogP contribution in [-0.2, 0) is 0 Å². The van der Waals surface area contributed by atoms with E-state index in [4.69, 9.17) is 10.3 Å². The lowest BCUT2D eigenvalue weighted by Gasteiger charge is -2.16. The van der Waals surface area contributed by atoms with E-state index in [1.807, 2.05) is 6.92 Å². The number of nitrogens with zero attached hydrogens (tertiary/aromatic N) is 2. The number of carbonyl (C=O) groups is 1. The minimum atomic E-state index is -0.0556. The number of hydrogen-bond donors (Lipinski definition) is 1. The van der Waals surface area contributed by atoms with Crippen LogP contribution in [0.3, 0.4) is 0 Å². The van der Waals surface area contributed by atoms with Crippen molar-refractivity contribution in [2.75, 3.05) is 13.1 Å². The molecule has 2 heterocycles. The molecule has 0 radical (unpaired) electrons. The Kier molecular flexibility index (Phi) is 2.96. The smallest absolute Gasteiger partial charge is 0.276 e. The Labute approximate surface area is 94.6 Å². The molecule has 0 aliphatic carbocycles. The quantitative estimate of drug-likeness (QED) is 0.804. The van der Waals surface area contributed by atoms with Gasteiger partial charge in [0.15, 0.2) is 5.69 Å². The fourth-order valence-corrected chi connectivity index (χ4v) is 2.03. The zero-order chi connectivity index (χ0) is 11.7. The molecule has 1 saturated heterocycles. The van der Waals surface area contributed by atoms with Gasteiger partial charge in [0.2, 0.25) is 0 Å². The second-order valence-corrected chi connectivity index (χ2v) is 4.48. The SMILES string of the molecule is Cc1cc(C(=O)N2CCC(C(C)N)C2)no1. The molecular formula is C11H17N3O2. The van der Waals surface area contributed by atoms with Crippen molar-refractivity contribution in [2.45, 2.75) is 26.3 Å². The number of rotatable bonds is 2. The maximum Gasteiger partial charge on any atom is 0.276 e. The number of likely N-dealkylation sites (tertiary alicyclic amines) is 1. The van der Waals surface area contributed by atoms with Crippen LogP contribution in [0.25, 0.3) is 0 Å². The predicted molar refractivity (Wildman–Crippen MR) is 58.9 cm³/mol. The van der Waals surface area contributed by atoms with Crippen LogP contribution in [0.4, 0.5) is 0 Å². The van der Waals surface area contributed by atoms with Crippen molar-refractivity contribution in [3.05, 3.63) is 17.5 Å². The Balaban J connectivity index is 2.02. The van der Waals surface area contributed by atoms with Crippen molar-refractivity contribution in [3.63, 3.8) is 0 Å². The highest BCUT2D eigenvalue weighted by atomic mass is 16.5. The molecule has 0 spiro atoms.